The summed E-state index contributed by atoms with van der Waals surface area (Å²) >= 11 is 0. The Bertz CT molecular complexity index is 677. The van der Waals surface area contributed by atoms with Crippen molar-refractivity contribution in [3.8, 4) is 0 Å². The molecule has 24 heavy (non-hydrogen) atoms. The molecule has 1 saturated heterocycles. The Hall–Kier alpha value is -1.34. The van der Waals surface area contributed by atoms with Gasteiger partial charge in [0.1, 0.15) is 5.82 Å². The molecule has 1 aromatic carbocycles. The molecule has 3 N–H and O–H groups in total. The van der Waals surface area contributed by atoms with Crippen LogP contribution in [0.5, 0.6) is 0 Å². The number of para-hydroxylation sites is 2. The second-order valence-corrected chi connectivity index (χ2v) is 5.67. The Labute approximate surface area is 153 Å². The van der Waals surface area contributed by atoms with Gasteiger partial charge in [-0.2, -0.15) is 0 Å². The van der Waals surface area contributed by atoms with Gasteiger partial charge in [-0.1, -0.05) is 19.1 Å². The number of imidazole rings is 1. The van der Waals surface area contributed by atoms with Crippen molar-refractivity contribution < 1.29 is 9.90 Å². The number of rotatable bonds is 5. The lowest BCUT2D eigenvalue weighted by Crippen LogP contribution is -2.43. The zero-order valence-corrected chi connectivity index (χ0v) is 15.2. The normalized spacial score (nSPS) is 19.6. The molecule has 1 aliphatic rings. The van der Waals surface area contributed by atoms with E-state index in [1.54, 1.807) is 0 Å². The highest BCUT2D eigenvalue weighted by atomic mass is 35.5. The van der Waals surface area contributed by atoms with Gasteiger partial charge < -0.3 is 20.3 Å². The number of benzene rings is 1. The van der Waals surface area contributed by atoms with Crippen molar-refractivity contribution in [3.63, 3.8) is 0 Å². The fourth-order valence-electron chi connectivity index (χ4n) is 2.95. The quantitative estimate of drug-likeness (QED) is 0.736. The van der Waals surface area contributed by atoms with Crippen LogP contribution in [0, 0.1) is 0 Å². The molecule has 2 heterocycles. The van der Waals surface area contributed by atoms with Crippen LogP contribution in [-0.2, 0) is 17.8 Å². The lowest BCUT2D eigenvalue weighted by molar-refractivity contribution is -0.122. The van der Waals surface area contributed by atoms with Crippen LogP contribution in [-0.4, -0.2) is 45.8 Å². The first-order valence-corrected chi connectivity index (χ1v) is 7.81. The van der Waals surface area contributed by atoms with Gasteiger partial charge in [-0.25, -0.2) is 4.98 Å². The summed E-state index contributed by atoms with van der Waals surface area (Å²) in [5.41, 5.74) is 2.03. The minimum Gasteiger partial charge on any atom is -0.390 e. The Morgan fingerprint density at radius 1 is 1.38 bits per heavy atom. The number of aromatic nitrogens is 2. The van der Waals surface area contributed by atoms with E-state index in [4.69, 9.17) is 0 Å². The SMILES string of the molecule is CCc1nc2ccccc2n1CCC(=O)N[C@@H]1CNC[C@H]1O.Cl.Cl. The first-order valence-electron chi connectivity index (χ1n) is 7.81. The molecule has 2 atom stereocenters. The molecule has 0 radical (unpaired) electrons. The third-order valence-electron chi connectivity index (χ3n) is 4.14. The van der Waals surface area contributed by atoms with Gasteiger partial charge >= 0.3 is 0 Å². The van der Waals surface area contributed by atoms with Crippen molar-refractivity contribution in [2.24, 2.45) is 0 Å². The number of nitrogens with one attached hydrogen (secondary N) is 2. The molecule has 1 amide bonds. The standard InChI is InChI=1S/C16H22N4O2.2ClH/c1-2-15-18-11-5-3-4-6-13(11)20(15)8-7-16(22)19-12-9-17-10-14(12)21;;/h3-6,12,14,17,21H,2,7-10H2,1H3,(H,19,22);2*1H/t12-,14-;;/m1../s1. The molecule has 134 valence electrons. The first kappa shape index (κ1) is 20.7. The van der Waals surface area contributed by atoms with E-state index in [1.807, 2.05) is 24.3 Å². The summed E-state index contributed by atoms with van der Waals surface area (Å²) in [6.07, 6.45) is 0.724. The van der Waals surface area contributed by atoms with Crippen LogP contribution >= 0.6 is 24.8 Å². The topological polar surface area (TPSA) is 79.2 Å². The maximum Gasteiger partial charge on any atom is 0.222 e. The first-order chi connectivity index (χ1) is 10.7. The summed E-state index contributed by atoms with van der Waals surface area (Å²) < 4.78 is 2.11. The Morgan fingerprint density at radius 2 is 2.12 bits per heavy atom. The van der Waals surface area contributed by atoms with E-state index in [1.165, 1.54) is 0 Å². The summed E-state index contributed by atoms with van der Waals surface area (Å²) in [5.74, 6) is 0.962. The smallest absolute Gasteiger partial charge is 0.222 e. The molecule has 8 heteroatoms. The van der Waals surface area contributed by atoms with E-state index in [2.05, 4.69) is 27.1 Å². The summed E-state index contributed by atoms with van der Waals surface area (Å²) in [7, 11) is 0. The Morgan fingerprint density at radius 3 is 2.79 bits per heavy atom. The van der Waals surface area contributed by atoms with Crippen LogP contribution in [0.4, 0.5) is 0 Å². The minimum atomic E-state index is -0.496. The number of amides is 1. The number of aryl methyl sites for hydroxylation is 2. The van der Waals surface area contributed by atoms with Crippen LogP contribution in [0.15, 0.2) is 24.3 Å². The zero-order valence-electron chi connectivity index (χ0n) is 13.6. The predicted octanol–water partition coefficient (Wildman–Crippen LogP) is 1.28. The van der Waals surface area contributed by atoms with E-state index < -0.39 is 6.10 Å². The molecule has 1 aromatic heterocycles. The fourth-order valence-corrected chi connectivity index (χ4v) is 2.95. The van der Waals surface area contributed by atoms with Gasteiger partial charge in [-0.15, -0.1) is 24.8 Å². The summed E-state index contributed by atoms with van der Waals surface area (Å²) in [5, 5.41) is 15.7. The molecule has 0 unspecified atom stereocenters. The van der Waals surface area contributed by atoms with Gasteiger partial charge in [0, 0.05) is 32.5 Å². The maximum absolute atomic E-state index is 12.1. The highest BCUT2D eigenvalue weighted by molar-refractivity contribution is 5.85. The van der Waals surface area contributed by atoms with Crippen LogP contribution in [0.2, 0.25) is 0 Å². The molecule has 6 nitrogen and oxygen atoms in total. The van der Waals surface area contributed by atoms with E-state index in [9.17, 15) is 9.90 Å². The van der Waals surface area contributed by atoms with E-state index in [0.29, 0.717) is 26.1 Å². The molecule has 3 rings (SSSR count). The second kappa shape index (κ2) is 9.22. The number of aliphatic hydroxyl groups is 1. The summed E-state index contributed by atoms with van der Waals surface area (Å²) in [6, 6.07) is 7.80. The highest BCUT2D eigenvalue weighted by Gasteiger charge is 2.26. The Kier molecular flexibility index (Phi) is 7.96. The minimum absolute atomic E-state index is 0. The van der Waals surface area contributed by atoms with Crippen molar-refractivity contribution in [1.82, 2.24) is 20.2 Å². The lowest BCUT2D eigenvalue weighted by atomic mass is 10.2. The third kappa shape index (κ3) is 4.39. The molecular formula is C16H24Cl2N4O2. The highest BCUT2D eigenvalue weighted by Crippen LogP contribution is 2.17. The molecule has 0 saturated carbocycles. The monoisotopic (exact) mass is 374 g/mol. The molecule has 2 aromatic rings. The van der Waals surface area contributed by atoms with Crippen LogP contribution in [0.25, 0.3) is 11.0 Å². The van der Waals surface area contributed by atoms with Crippen LogP contribution < -0.4 is 10.6 Å². The number of hydrogen-bond acceptors (Lipinski definition) is 4. The lowest BCUT2D eigenvalue weighted by Gasteiger charge is -2.16. The average molecular weight is 375 g/mol. The molecule has 1 fully saturated rings. The van der Waals surface area contributed by atoms with Gasteiger partial charge in [0.15, 0.2) is 0 Å². The predicted molar refractivity (Wildman–Crippen MR) is 99.0 cm³/mol. The van der Waals surface area contributed by atoms with Gasteiger partial charge in [0.05, 0.1) is 23.2 Å². The van der Waals surface area contributed by atoms with Crippen molar-refractivity contribution >= 4 is 41.8 Å². The fraction of sp³-hybridized carbons (Fsp3) is 0.500. The molecule has 0 bridgehead atoms. The number of carbonyl (C=O) groups excluding carboxylic acids is 1. The van der Waals surface area contributed by atoms with Crippen molar-refractivity contribution in [1.29, 1.82) is 0 Å². The van der Waals surface area contributed by atoms with Crippen molar-refractivity contribution in [3.05, 3.63) is 30.1 Å². The van der Waals surface area contributed by atoms with Gasteiger partial charge in [-0.05, 0) is 12.1 Å². The van der Waals surface area contributed by atoms with Crippen LogP contribution in [0.3, 0.4) is 0 Å². The molecule has 0 spiro atoms. The number of halogens is 2. The molecular weight excluding hydrogens is 351 g/mol. The largest absolute Gasteiger partial charge is 0.390 e. The number of nitrogens with zero attached hydrogens (tertiary/aromatic N) is 2. The summed E-state index contributed by atoms with van der Waals surface area (Å²) in [4.78, 5) is 16.7. The number of β-amino-alcohol motifs (C(OH)–C–C–N with tert-alkyl or cyclic N) is 1. The van der Waals surface area contributed by atoms with Crippen LogP contribution in [0.1, 0.15) is 19.2 Å². The molecule has 1 aliphatic heterocycles. The van der Waals surface area contributed by atoms with Gasteiger partial charge in [-0.3, -0.25) is 4.79 Å². The number of fused-ring (bicyclic) bond motifs is 1. The second-order valence-electron chi connectivity index (χ2n) is 5.67. The summed E-state index contributed by atoms with van der Waals surface area (Å²) in [6.45, 7) is 3.84. The van der Waals surface area contributed by atoms with Gasteiger partial charge in [0.2, 0.25) is 5.91 Å². The number of aliphatic hydroxyl groups excluding tert-OH is 1. The molecule has 0 aliphatic carbocycles. The average Bonchev–Trinajstić information content (AvgIpc) is 3.09. The maximum atomic E-state index is 12.1. The van der Waals surface area contributed by atoms with Crippen molar-refractivity contribution in [2.45, 2.75) is 38.5 Å². The van der Waals surface area contributed by atoms with E-state index >= 15 is 0 Å². The number of carbonyl (C=O) groups is 1. The Balaban J connectivity index is 0.00000144. The van der Waals surface area contributed by atoms with E-state index in [0.717, 1.165) is 23.3 Å². The van der Waals surface area contributed by atoms with Gasteiger partial charge in [0.25, 0.3) is 0 Å². The van der Waals surface area contributed by atoms with E-state index in [-0.39, 0.29) is 36.8 Å². The van der Waals surface area contributed by atoms with Crippen molar-refractivity contribution in [2.75, 3.05) is 13.1 Å². The zero-order chi connectivity index (χ0) is 15.5. The third-order valence-corrected chi connectivity index (χ3v) is 4.14. The number of hydrogen-bond donors (Lipinski definition) is 3.